The molecule has 6 nitrogen and oxygen atoms in total. The number of nitrogens with zero attached hydrogens (tertiary/aromatic N) is 1. The van der Waals surface area contributed by atoms with Crippen LogP contribution in [-0.2, 0) is 0 Å². The minimum atomic E-state index is -1.07. The number of rotatable bonds is 4. The van der Waals surface area contributed by atoms with Crippen LogP contribution < -0.4 is 5.32 Å². The van der Waals surface area contributed by atoms with Gasteiger partial charge in [-0.2, -0.15) is 4.39 Å². The normalized spacial score (nSPS) is 11.9. The predicted molar refractivity (Wildman–Crippen MR) is 57.1 cm³/mol. The predicted octanol–water partition coefficient (Wildman–Crippen LogP) is 0.845. The maximum absolute atomic E-state index is 13.2. The quantitative estimate of drug-likeness (QED) is 0.604. The number of benzene rings is 1. The zero-order chi connectivity index (χ0) is 13.0. The zero-order valence-corrected chi connectivity index (χ0v) is 9.01. The summed E-state index contributed by atoms with van der Waals surface area (Å²) < 4.78 is 13.2. The Kier molecular flexibility index (Phi) is 4.11. The summed E-state index contributed by atoms with van der Waals surface area (Å²) in [6.07, 6.45) is 0. The SMILES string of the molecule is C[C@@H](CO)NC(=O)c1ccc([N+](=O)[O-])c(F)c1. The van der Waals surface area contributed by atoms with Gasteiger partial charge in [0.25, 0.3) is 5.91 Å². The number of aliphatic hydroxyl groups excluding tert-OH is 1. The lowest BCUT2D eigenvalue weighted by atomic mass is 10.1. The number of nitro benzene ring substituents is 1. The molecule has 92 valence electrons. The van der Waals surface area contributed by atoms with Crippen LogP contribution in [0, 0.1) is 15.9 Å². The first kappa shape index (κ1) is 13.0. The number of halogens is 1. The van der Waals surface area contributed by atoms with E-state index in [-0.39, 0.29) is 12.2 Å². The third-order valence-corrected chi connectivity index (χ3v) is 2.06. The van der Waals surface area contributed by atoms with Crippen LogP contribution in [-0.4, -0.2) is 28.6 Å². The van der Waals surface area contributed by atoms with Gasteiger partial charge in [0.2, 0.25) is 5.82 Å². The highest BCUT2D eigenvalue weighted by Crippen LogP contribution is 2.17. The van der Waals surface area contributed by atoms with Gasteiger partial charge in [0.15, 0.2) is 0 Å². The molecule has 0 saturated carbocycles. The average molecular weight is 242 g/mol. The fraction of sp³-hybridized carbons (Fsp3) is 0.300. The van der Waals surface area contributed by atoms with E-state index in [0.29, 0.717) is 0 Å². The van der Waals surface area contributed by atoms with Crippen molar-refractivity contribution in [3.63, 3.8) is 0 Å². The Morgan fingerprint density at radius 1 is 1.65 bits per heavy atom. The summed E-state index contributed by atoms with van der Waals surface area (Å²) in [5.41, 5.74) is -0.717. The minimum absolute atomic E-state index is 0.0339. The van der Waals surface area contributed by atoms with E-state index < -0.39 is 28.4 Å². The molecule has 0 unspecified atom stereocenters. The van der Waals surface area contributed by atoms with Gasteiger partial charge in [-0.15, -0.1) is 0 Å². The van der Waals surface area contributed by atoms with Crippen LogP contribution in [0.3, 0.4) is 0 Å². The molecule has 0 fully saturated rings. The van der Waals surface area contributed by atoms with Crippen LogP contribution in [0.25, 0.3) is 0 Å². The van der Waals surface area contributed by atoms with Gasteiger partial charge in [-0.3, -0.25) is 14.9 Å². The Labute approximate surface area is 96.2 Å². The fourth-order valence-corrected chi connectivity index (χ4v) is 1.15. The largest absolute Gasteiger partial charge is 0.394 e. The smallest absolute Gasteiger partial charge is 0.304 e. The van der Waals surface area contributed by atoms with Crippen LogP contribution in [0.15, 0.2) is 18.2 Å². The van der Waals surface area contributed by atoms with Crippen LogP contribution in [0.2, 0.25) is 0 Å². The second-order valence-electron chi connectivity index (χ2n) is 3.48. The van der Waals surface area contributed by atoms with E-state index in [9.17, 15) is 19.3 Å². The van der Waals surface area contributed by atoms with Gasteiger partial charge in [-0.05, 0) is 19.1 Å². The number of hydrogen-bond donors (Lipinski definition) is 2. The Bertz CT molecular complexity index is 450. The molecule has 0 spiro atoms. The van der Waals surface area contributed by atoms with Crippen molar-refractivity contribution in [1.29, 1.82) is 0 Å². The first-order valence-corrected chi connectivity index (χ1v) is 4.81. The van der Waals surface area contributed by atoms with Crippen molar-refractivity contribution in [2.75, 3.05) is 6.61 Å². The van der Waals surface area contributed by atoms with E-state index in [2.05, 4.69) is 5.32 Å². The highest BCUT2D eigenvalue weighted by atomic mass is 19.1. The number of carbonyl (C=O) groups is 1. The maximum atomic E-state index is 13.2. The zero-order valence-electron chi connectivity index (χ0n) is 9.01. The highest BCUT2D eigenvalue weighted by Gasteiger charge is 2.17. The van der Waals surface area contributed by atoms with E-state index in [0.717, 1.165) is 18.2 Å². The van der Waals surface area contributed by atoms with Gasteiger partial charge in [0, 0.05) is 17.7 Å². The molecule has 1 aromatic carbocycles. The van der Waals surface area contributed by atoms with Crippen LogP contribution >= 0.6 is 0 Å². The molecule has 7 heteroatoms. The lowest BCUT2D eigenvalue weighted by Gasteiger charge is -2.10. The lowest BCUT2D eigenvalue weighted by molar-refractivity contribution is -0.387. The molecule has 0 radical (unpaired) electrons. The van der Waals surface area contributed by atoms with E-state index in [4.69, 9.17) is 5.11 Å². The van der Waals surface area contributed by atoms with Gasteiger partial charge in [0.1, 0.15) is 0 Å². The number of hydrogen-bond acceptors (Lipinski definition) is 4. The molecule has 0 aromatic heterocycles. The average Bonchev–Trinajstić information content (AvgIpc) is 2.28. The summed E-state index contributed by atoms with van der Waals surface area (Å²) in [7, 11) is 0. The molecular formula is C10H11FN2O4. The number of amides is 1. The molecule has 0 bridgehead atoms. The van der Waals surface area contributed by atoms with Crippen LogP contribution in [0.4, 0.5) is 10.1 Å². The molecule has 0 heterocycles. The molecule has 2 N–H and O–H groups in total. The Hall–Kier alpha value is -2.02. The summed E-state index contributed by atoms with van der Waals surface area (Å²) in [6.45, 7) is 1.32. The van der Waals surface area contributed by atoms with Gasteiger partial charge in [-0.1, -0.05) is 0 Å². The Morgan fingerprint density at radius 2 is 2.29 bits per heavy atom. The topological polar surface area (TPSA) is 92.5 Å². The molecule has 1 atom stereocenters. The standard InChI is InChI=1S/C10H11FN2O4/c1-6(5-14)12-10(15)7-2-3-9(13(16)17)8(11)4-7/h2-4,6,14H,5H2,1H3,(H,12,15)/t6-/m0/s1. The summed E-state index contributed by atoms with van der Waals surface area (Å²) in [6, 6.07) is 2.40. The molecular weight excluding hydrogens is 231 g/mol. The third kappa shape index (κ3) is 3.22. The van der Waals surface area contributed by atoms with Crippen molar-refractivity contribution in [3.8, 4) is 0 Å². The Morgan fingerprint density at radius 3 is 2.76 bits per heavy atom. The van der Waals surface area contributed by atoms with E-state index in [1.165, 1.54) is 0 Å². The van der Waals surface area contributed by atoms with Crippen LogP contribution in [0.1, 0.15) is 17.3 Å². The van der Waals surface area contributed by atoms with Gasteiger partial charge < -0.3 is 10.4 Å². The second kappa shape index (κ2) is 5.35. The molecule has 1 rings (SSSR count). The molecule has 0 aliphatic rings. The van der Waals surface area contributed by atoms with Gasteiger partial charge in [0.05, 0.1) is 11.5 Å². The molecule has 0 saturated heterocycles. The molecule has 0 aliphatic heterocycles. The van der Waals surface area contributed by atoms with Crippen molar-refractivity contribution in [1.82, 2.24) is 5.32 Å². The van der Waals surface area contributed by atoms with E-state index >= 15 is 0 Å². The molecule has 0 aliphatic carbocycles. The number of nitrogens with one attached hydrogen (secondary N) is 1. The number of nitro groups is 1. The Balaban J connectivity index is 2.90. The second-order valence-corrected chi connectivity index (χ2v) is 3.48. The van der Waals surface area contributed by atoms with Crippen molar-refractivity contribution in [2.24, 2.45) is 0 Å². The monoisotopic (exact) mass is 242 g/mol. The van der Waals surface area contributed by atoms with Crippen molar-refractivity contribution < 1.29 is 19.2 Å². The summed E-state index contributed by atoms with van der Waals surface area (Å²) in [5.74, 6) is -1.67. The lowest BCUT2D eigenvalue weighted by Crippen LogP contribution is -2.35. The summed E-state index contributed by atoms with van der Waals surface area (Å²) in [4.78, 5) is 21.0. The minimum Gasteiger partial charge on any atom is -0.394 e. The number of carbonyl (C=O) groups excluding carboxylic acids is 1. The van der Waals surface area contributed by atoms with Gasteiger partial charge in [-0.25, -0.2) is 0 Å². The van der Waals surface area contributed by atoms with E-state index in [1.54, 1.807) is 6.92 Å². The fourth-order valence-electron chi connectivity index (χ4n) is 1.15. The van der Waals surface area contributed by atoms with Crippen molar-refractivity contribution in [2.45, 2.75) is 13.0 Å². The maximum Gasteiger partial charge on any atom is 0.304 e. The van der Waals surface area contributed by atoms with Gasteiger partial charge >= 0.3 is 5.69 Å². The number of aliphatic hydroxyl groups is 1. The molecule has 1 aromatic rings. The summed E-state index contributed by atoms with van der Waals surface area (Å²) >= 11 is 0. The van der Waals surface area contributed by atoms with Crippen molar-refractivity contribution in [3.05, 3.63) is 39.7 Å². The first-order valence-electron chi connectivity index (χ1n) is 4.81. The third-order valence-electron chi connectivity index (χ3n) is 2.06. The van der Waals surface area contributed by atoms with E-state index in [1.807, 2.05) is 0 Å². The molecule has 17 heavy (non-hydrogen) atoms. The molecule has 1 amide bonds. The van der Waals surface area contributed by atoms with Crippen molar-refractivity contribution >= 4 is 11.6 Å². The van der Waals surface area contributed by atoms with Crippen LogP contribution in [0.5, 0.6) is 0 Å². The summed E-state index contributed by atoms with van der Waals surface area (Å²) in [5, 5.41) is 21.5. The first-order chi connectivity index (χ1) is 7.95. The highest BCUT2D eigenvalue weighted by molar-refractivity contribution is 5.94.